The lowest BCUT2D eigenvalue weighted by Gasteiger charge is -2.40. The lowest BCUT2D eigenvalue weighted by Crippen LogP contribution is -2.45. The topological polar surface area (TPSA) is 118 Å². The second-order valence-electron chi connectivity index (χ2n) is 10.8. The molecular weight excluding hydrogens is 549 g/mol. The number of anilines is 1. The van der Waals surface area contributed by atoms with E-state index in [1.165, 1.54) is 30.3 Å². The van der Waals surface area contributed by atoms with Gasteiger partial charge in [0.2, 0.25) is 11.8 Å². The third-order valence-electron chi connectivity index (χ3n) is 6.76. The van der Waals surface area contributed by atoms with Gasteiger partial charge in [0.15, 0.2) is 18.2 Å². The zero-order valence-electron chi connectivity index (χ0n) is 22.7. The van der Waals surface area contributed by atoms with Gasteiger partial charge in [0.05, 0.1) is 28.2 Å². The molecule has 1 N–H and O–H groups in total. The first-order chi connectivity index (χ1) is 17.8. The van der Waals surface area contributed by atoms with E-state index in [4.69, 9.17) is 14.1 Å². The van der Waals surface area contributed by atoms with E-state index < -0.39 is 47.6 Å². The van der Waals surface area contributed by atoms with Gasteiger partial charge < -0.3 is 14.2 Å². The molecule has 3 aromatic rings. The summed E-state index contributed by atoms with van der Waals surface area (Å²) in [6.07, 6.45) is -4.23. The van der Waals surface area contributed by atoms with E-state index in [1.54, 1.807) is 13.0 Å². The smallest absolute Gasteiger partial charge is 0.417 e. The van der Waals surface area contributed by atoms with Crippen molar-refractivity contribution in [2.24, 2.45) is 0 Å². The highest BCUT2D eigenvalue weighted by Gasteiger charge is 2.41. The van der Waals surface area contributed by atoms with Crippen molar-refractivity contribution < 1.29 is 30.4 Å². The summed E-state index contributed by atoms with van der Waals surface area (Å²) < 4.78 is 76.8. The summed E-state index contributed by atoms with van der Waals surface area (Å²) in [6, 6.07) is 9.97. The van der Waals surface area contributed by atoms with Crippen LogP contribution >= 0.6 is 0 Å². The number of alkyl halides is 3. The summed E-state index contributed by atoms with van der Waals surface area (Å²) in [5.41, 5.74) is -0.999. The summed E-state index contributed by atoms with van der Waals surface area (Å²) in [6.45, 7) is 12.1. The minimum Gasteiger partial charge on any atom is -0.418 e. The van der Waals surface area contributed by atoms with Crippen LogP contribution in [0.3, 0.4) is 0 Å². The monoisotopic (exact) mass is 580 g/mol. The van der Waals surface area contributed by atoms with Crippen LogP contribution in [-0.2, 0) is 20.4 Å². The summed E-state index contributed by atoms with van der Waals surface area (Å²) in [5.74, 6) is 0.175. The van der Waals surface area contributed by atoms with E-state index in [-0.39, 0.29) is 27.4 Å². The molecule has 0 aliphatic carbocycles. The number of aromatic nitrogens is 2. The number of nitrogens with one attached hydrogen (secondary N) is 1. The molecule has 210 valence electrons. The van der Waals surface area contributed by atoms with Gasteiger partial charge in [-0.1, -0.05) is 20.8 Å². The average Bonchev–Trinajstić information content (AvgIpc) is 3.30. The molecule has 0 spiro atoms. The fourth-order valence-corrected chi connectivity index (χ4v) is 5.61. The highest BCUT2D eigenvalue weighted by atomic mass is 32.2. The molecule has 1 aromatic heterocycles. The lowest BCUT2D eigenvalue weighted by molar-refractivity contribution is -0.137. The van der Waals surface area contributed by atoms with Crippen LogP contribution in [-0.4, -0.2) is 39.3 Å². The normalized spacial score (nSPS) is 14.5. The van der Waals surface area contributed by atoms with Gasteiger partial charge in [-0.2, -0.15) is 18.4 Å². The SMILES string of the molecule is C[C@@H](O[Si](C)(C)C(C)(C)C)[C@@H](Nc1ccc(C#N)c(C(F)(F)F)c1)c1nnc(-c2ccc(S(C)(=O)=O)cc2)o1. The van der Waals surface area contributed by atoms with E-state index in [2.05, 4.69) is 36.3 Å². The van der Waals surface area contributed by atoms with Crippen LogP contribution in [0, 0.1) is 11.3 Å². The number of nitriles is 1. The van der Waals surface area contributed by atoms with Gasteiger partial charge in [-0.25, -0.2) is 8.42 Å². The molecule has 8 nitrogen and oxygen atoms in total. The molecule has 0 aliphatic heterocycles. The Morgan fingerprint density at radius 2 is 1.69 bits per heavy atom. The number of hydrogen-bond acceptors (Lipinski definition) is 8. The third-order valence-corrected chi connectivity index (χ3v) is 12.5. The van der Waals surface area contributed by atoms with Gasteiger partial charge in [-0.3, -0.25) is 0 Å². The van der Waals surface area contributed by atoms with Gasteiger partial charge in [0.25, 0.3) is 0 Å². The van der Waals surface area contributed by atoms with Gasteiger partial charge in [0.1, 0.15) is 6.04 Å². The van der Waals surface area contributed by atoms with Gasteiger partial charge in [-0.15, -0.1) is 10.2 Å². The van der Waals surface area contributed by atoms with Crippen molar-refractivity contribution in [3.8, 4) is 17.5 Å². The number of rotatable bonds is 8. The molecule has 2 atom stereocenters. The van der Waals surface area contributed by atoms with Crippen LogP contribution in [0.4, 0.5) is 18.9 Å². The fourth-order valence-electron chi connectivity index (χ4n) is 3.56. The van der Waals surface area contributed by atoms with E-state index in [0.29, 0.717) is 5.56 Å². The van der Waals surface area contributed by atoms with Crippen molar-refractivity contribution in [1.29, 1.82) is 5.26 Å². The molecule has 3 rings (SSSR count). The predicted molar refractivity (Wildman–Crippen MR) is 143 cm³/mol. The predicted octanol–water partition coefficient (Wildman–Crippen LogP) is 6.59. The summed E-state index contributed by atoms with van der Waals surface area (Å²) in [4.78, 5) is 0.128. The molecule has 0 saturated carbocycles. The molecule has 13 heteroatoms. The Hall–Kier alpha value is -3.21. The van der Waals surface area contributed by atoms with Crippen molar-refractivity contribution in [1.82, 2.24) is 10.2 Å². The van der Waals surface area contributed by atoms with Crippen LogP contribution in [0.1, 0.15) is 50.8 Å². The van der Waals surface area contributed by atoms with Crippen LogP contribution in [0.15, 0.2) is 51.8 Å². The van der Waals surface area contributed by atoms with Crippen LogP contribution in [0.5, 0.6) is 0 Å². The molecule has 0 amide bonds. The Morgan fingerprint density at radius 1 is 1.08 bits per heavy atom. The van der Waals surface area contributed by atoms with Crippen molar-refractivity contribution in [2.45, 2.75) is 69.0 Å². The van der Waals surface area contributed by atoms with E-state index in [1.807, 2.05) is 13.1 Å². The lowest BCUT2D eigenvalue weighted by atomic mass is 10.1. The number of nitrogens with zero attached hydrogens (tertiary/aromatic N) is 3. The summed E-state index contributed by atoms with van der Waals surface area (Å²) >= 11 is 0. The van der Waals surface area contributed by atoms with Crippen molar-refractivity contribution in [2.75, 3.05) is 11.6 Å². The maximum Gasteiger partial charge on any atom is 0.417 e. The van der Waals surface area contributed by atoms with Crippen molar-refractivity contribution in [3.63, 3.8) is 0 Å². The quantitative estimate of drug-likeness (QED) is 0.296. The van der Waals surface area contributed by atoms with Crippen molar-refractivity contribution >= 4 is 23.8 Å². The number of benzene rings is 2. The zero-order valence-corrected chi connectivity index (χ0v) is 24.5. The number of hydrogen-bond donors (Lipinski definition) is 1. The first kappa shape index (κ1) is 30.3. The highest BCUT2D eigenvalue weighted by molar-refractivity contribution is 7.90. The van der Waals surface area contributed by atoms with E-state index in [9.17, 15) is 21.6 Å². The summed E-state index contributed by atoms with van der Waals surface area (Å²) in [5, 5.41) is 20.3. The maximum atomic E-state index is 13.6. The molecule has 0 aliphatic rings. The molecule has 0 unspecified atom stereocenters. The second kappa shape index (κ2) is 10.7. The highest BCUT2D eigenvalue weighted by Crippen LogP contribution is 2.40. The van der Waals surface area contributed by atoms with Crippen LogP contribution in [0.2, 0.25) is 18.1 Å². The molecule has 0 fully saturated rings. The minimum atomic E-state index is -4.72. The molecule has 2 aromatic carbocycles. The summed E-state index contributed by atoms with van der Waals surface area (Å²) in [7, 11) is -5.72. The maximum absolute atomic E-state index is 13.6. The van der Waals surface area contributed by atoms with Crippen LogP contribution in [0.25, 0.3) is 11.5 Å². The standard InChI is InChI=1S/C26H31F3N4O4SSi/c1-16(37-39(6,7)25(2,3)4)22(31-19-11-8-18(15-30)21(14-19)26(27,28)29)24-33-32-23(36-24)17-9-12-20(13-10-17)38(5,34)35/h8-14,16,22,31H,1-7H3/t16-,22-/m1/s1. The van der Waals surface area contributed by atoms with Crippen molar-refractivity contribution in [3.05, 3.63) is 59.5 Å². The minimum absolute atomic E-state index is 0.0707. The Labute approximate surface area is 227 Å². The largest absolute Gasteiger partial charge is 0.418 e. The Bertz CT molecular complexity index is 1470. The first-order valence-corrected chi connectivity index (χ1v) is 16.8. The number of halogens is 3. The zero-order chi connectivity index (χ0) is 29.4. The first-order valence-electron chi connectivity index (χ1n) is 12.0. The van der Waals surface area contributed by atoms with Crippen LogP contribution < -0.4 is 5.32 Å². The van der Waals surface area contributed by atoms with E-state index >= 15 is 0 Å². The Balaban J connectivity index is 2.03. The Morgan fingerprint density at radius 3 is 2.21 bits per heavy atom. The van der Waals surface area contributed by atoms with Gasteiger partial charge in [-0.05, 0) is 67.5 Å². The third kappa shape index (κ3) is 7.06. The molecule has 0 radical (unpaired) electrons. The molecular formula is C26H31F3N4O4SSi. The molecule has 39 heavy (non-hydrogen) atoms. The second-order valence-corrected chi connectivity index (χ2v) is 17.6. The molecule has 0 bridgehead atoms. The fraction of sp³-hybridized carbons (Fsp3) is 0.423. The molecule has 0 saturated heterocycles. The van der Waals surface area contributed by atoms with Gasteiger partial charge in [0, 0.05) is 17.5 Å². The molecule has 1 heterocycles. The van der Waals surface area contributed by atoms with Gasteiger partial charge >= 0.3 is 6.18 Å². The number of sulfone groups is 1. The average molecular weight is 581 g/mol. The van der Waals surface area contributed by atoms with E-state index in [0.717, 1.165) is 18.4 Å². The Kier molecular flexibility index (Phi) is 8.36.